The Morgan fingerprint density at radius 1 is 1.11 bits per heavy atom. The number of imidazole rings is 1. The van der Waals surface area contributed by atoms with Crippen LogP contribution in [0, 0.1) is 0 Å². The second kappa shape index (κ2) is 5.14. The molecule has 19 heavy (non-hydrogen) atoms. The van der Waals surface area contributed by atoms with Gasteiger partial charge in [0, 0.05) is 24.3 Å². The lowest BCUT2D eigenvalue weighted by Gasteiger charge is -2.10. The summed E-state index contributed by atoms with van der Waals surface area (Å²) in [6.45, 7) is 3.51. The summed E-state index contributed by atoms with van der Waals surface area (Å²) in [6.07, 6.45) is 3.78. The maximum absolute atomic E-state index is 5.92. The molecule has 3 rings (SSSR count). The maximum Gasteiger partial charge on any atom is 0.146 e. The van der Waals surface area contributed by atoms with E-state index in [4.69, 9.17) is 4.74 Å². The minimum atomic E-state index is 0.495. The van der Waals surface area contributed by atoms with E-state index in [-0.39, 0.29) is 0 Å². The van der Waals surface area contributed by atoms with Crippen molar-refractivity contribution in [2.75, 3.05) is 0 Å². The van der Waals surface area contributed by atoms with Crippen LogP contribution in [0.2, 0.25) is 0 Å². The Kier molecular flexibility index (Phi) is 3.19. The Morgan fingerprint density at radius 3 is 2.84 bits per heavy atom. The van der Waals surface area contributed by atoms with Gasteiger partial charge < -0.3 is 9.30 Å². The molecule has 0 aliphatic heterocycles. The fourth-order valence-electron chi connectivity index (χ4n) is 2.23. The standard InChI is InChI=1S/C16H16N2O/c1-2-18-11-10-17-16(18)12-19-15-9-5-7-13-6-3-4-8-14(13)15/h3-11H,2,12H2,1H3. The molecule has 96 valence electrons. The number of aryl methyl sites for hydroxylation is 1. The summed E-state index contributed by atoms with van der Waals surface area (Å²) in [5, 5.41) is 2.33. The van der Waals surface area contributed by atoms with E-state index in [0.29, 0.717) is 6.61 Å². The molecule has 1 aromatic heterocycles. The highest BCUT2D eigenvalue weighted by Gasteiger charge is 2.04. The molecule has 0 fully saturated rings. The van der Waals surface area contributed by atoms with Gasteiger partial charge in [0.15, 0.2) is 0 Å². The van der Waals surface area contributed by atoms with Crippen LogP contribution in [0.5, 0.6) is 5.75 Å². The van der Waals surface area contributed by atoms with Gasteiger partial charge in [0.2, 0.25) is 0 Å². The summed E-state index contributed by atoms with van der Waals surface area (Å²) in [6, 6.07) is 14.4. The molecule has 0 spiro atoms. The Labute approximate surface area is 112 Å². The zero-order valence-corrected chi connectivity index (χ0v) is 10.9. The Hall–Kier alpha value is -2.29. The third kappa shape index (κ3) is 2.32. The van der Waals surface area contributed by atoms with Crippen molar-refractivity contribution in [1.29, 1.82) is 0 Å². The molecule has 0 radical (unpaired) electrons. The van der Waals surface area contributed by atoms with Gasteiger partial charge in [-0.05, 0) is 18.4 Å². The van der Waals surface area contributed by atoms with E-state index in [1.54, 1.807) is 0 Å². The first-order valence-corrected chi connectivity index (χ1v) is 6.49. The number of nitrogens with zero attached hydrogens (tertiary/aromatic N) is 2. The van der Waals surface area contributed by atoms with Crippen molar-refractivity contribution in [3.8, 4) is 5.75 Å². The number of benzene rings is 2. The Bertz CT molecular complexity index is 683. The van der Waals surface area contributed by atoms with Crippen LogP contribution >= 0.6 is 0 Å². The first-order chi connectivity index (χ1) is 9.38. The quantitative estimate of drug-likeness (QED) is 0.709. The number of rotatable bonds is 4. The highest BCUT2D eigenvalue weighted by atomic mass is 16.5. The SMILES string of the molecule is CCn1ccnc1COc1cccc2ccccc12. The average Bonchev–Trinajstić information content (AvgIpc) is 2.92. The Balaban J connectivity index is 1.86. The minimum Gasteiger partial charge on any atom is -0.485 e. The topological polar surface area (TPSA) is 27.1 Å². The number of hydrogen-bond acceptors (Lipinski definition) is 2. The predicted octanol–water partition coefficient (Wildman–Crippen LogP) is 3.64. The lowest BCUT2D eigenvalue weighted by atomic mass is 10.1. The number of ether oxygens (including phenoxy) is 1. The normalized spacial score (nSPS) is 10.8. The van der Waals surface area contributed by atoms with Gasteiger partial charge >= 0.3 is 0 Å². The van der Waals surface area contributed by atoms with Crippen molar-refractivity contribution in [1.82, 2.24) is 9.55 Å². The number of hydrogen-bond donors (Lipinski definition) is 0. The summed E-state index contributed by atoms with van der Waals surface area (Å²) >= 11 is 0. The third-order valence-corrected chi connectivity index (χ3v) is 3.25. The molecule has 0 unspecified atom stereocenters. The third-order valence-electron chi connectivity index (χ3n) is 3.25. The average molecular weight is 252 g/mol. The highest BCUT2D eigenvalue weighted by Crippen LogP contribution is 2.25. The second-order valence-electron chi connectivity index (χ2n) is 4.40. The fraction of sp³-hybridized carbons (Fsp3) is 0.188. The van der Waals surface area contributed by atoms with Crippen LogP contribution in [0.1, 0.15) is 12.7 Å². The van der Waals surface area contributed by atoms with E-state index >= 15 is 0 Å². The van der Waals surface area contributed by atoms with Crippen LogP contribution in [0.25, 0.3) is 10.8 Å². The van der Waals surface area contributed by atoms with Gasteiger partial charge in [0.05, 0.1) is 0 Å². The van der Waals surface area contributed by atoms with E-state index < -0.39 is 0 Å². The van der Waals surface area contributed by atoms with Crippen LogP contribution in [-0.4, -0.2) is 9.55 Å². The van der Waals surface area contributed by atoms with Gasteiger partial charge in [0.25, 0.3) is 0 Å². The van der Waals surface area contributed by atoms with Crippen LogP contribution in [-0.2, 0) is 13.2 Å². The maximum atomic E-state index is 5.92. The lowest BCUT2D eigenvalue weighted by Crippen LogP contribution is -2.05. The number of aromatic nitrogens is 2. The van der Waals surface area contributed by atoms with E-state index in [9.17, 15) is 0 Å². The number of fused-ring (bicyclic) bond motifs is 1. The first-order valence-electron chi connectivity index (χ1n) is 6.49. The molecule has 1 heterocycles. The van der Waals surface area contributed by atoms with Gasteiger partial charge in [-0.25, -0.2) is 4.98 Å². The molecule has 0 amide bonds. The molecular formula is C16H16N2O. The van der Waals surface area contributed by atoms with Crippen molar-refractivity contribution in [3.63, 3.8) is 0 Å². The van der Waals surface area contributed by atoms with E-state index in [1.807, 2.05) is 36.7 Å². The van der Waals surface area contributed by atoms with Crippen molar-refractivity contribution < 1.29 is 4.74 Å². The van der Waals surface area contributed by atoms with Crippen molar-refractivity contribution in [3.05, 3.63) is 60.7 Å². The van der Waals surface area contributed by atoms with Crippen LogP contribution in [0.4, 0.5) is 0 Å². The predicted molar refractivity (Wildman–Crippen MR) is 76.2 cm³/mol. The summed E-state index contributed by atoms with van der Waals surface area (Å²) in [4.78, 5) is 4.32. The van der Waals surface area contributed by atoms with E-state index in [0.717, 1.165) is 23.5 Å². The zero-order valence-electron chi connectivity index (χ0n) is 10.9. The lowest BCUT2D eigenvalue weighted by molar-refractivity contribution is 0.293. The van der Waals surface area contributed by atoms with Crippen molar-refractivity contribution in [2.45, 2.75) is 20.1 Å². The molecule has 0 N–H and O–H groups in total. The van der Waals surface area contributed by atoms with Gasteiger partial charge in [-0.2, -0.15) is 0 Å². The largest absolute Gasteiger partial charge is 0.485 e. The van der Waals surface area contributed by atoms with E-state index in [2.05, 4.69) is 34.7 Å². The summed E-state index contributed by atoms with van der Waals surface area (Å²) in [5.74, 6) is 1.86. The molecule has 0 aliphatic carbocycles. The molecule has 0 aliphatic rings. The molecule has 0 saturated heterocycles. The van der Waals surface area contributed by atoms with Gasteiger partial charge in [-0.15, -0.1) is 0 Å². The van der Waals surface area contributed by atoms with Crippen molar-refractivity contribution in [2.24, 2.45) is 0 Å². The smallest absolute Gasteiger partial charge is 0.146 e. The second-order valence-corrected chi connectivity index (χ2v) is 4.40. The van der Waals surface area contributed by atoms with Gasteiger partial charge in [0.1, 0.15) is 18.2 Å². The van der Waals surface area contributed by atoms with Crippen LogP contribution in [0.3, 0.4) is 0 Å². The summed E-state index contributed by atoms with van der Waals surface area (Å²) in [5.41, 5.74) is 0. The van der Waals surface area contributed by atoms with Crippen LogP contribution in [0.15, 0.2) is 54.9 Å². The van der Waals surface area contributed by atoms with Crippen molar-refractivity contribution >= 4 is 10.8 Å². The van der Waals surface area contributed by atoms with Crippen LogP contribution < -0.4 is 4.74 Å². The summed E-state index contributed by atoms with van der Waals surface area (Å²) < 4.78 is 8.01. The van der Waals surface area contributed by atoms with E-state index in [1.165, 1.54) is 5.39 Å². The highest BCUT2D eigenvalue weighted by molar-refractivity contribution is 5.88. The molecule has 3 aromatic rings. The molecule has 0 bridgehead atoms. The molecule has 2 aromatic carbocycles. The summed E-state index contributed by atoms with van der Waals surface area (Å²) in [7, 11) is 0. The molecular weight excluding hydrogens is 236 g/mol. The molecule has 3 nitrogen and oxygen atoms in total. The molecule has 0 saturated carbocycles. The Morgan fingerprint density at radius 2 is 1.95 bits per heavy atom. The monoisotopic (exact) mass is 252 g/mol. The van der Waals surface area contributed by atoms with Gasteiger partial charge in [-0.3, -0.25) is 0 Å². The first kappa shape index (κ1) is 11.8. The fourth-order valence-corrected chi connectivity index (χ4v) is 2.23. The molecule has 3 heteroatoms. The minimum absolute atomic E-state index is 0.495. The molecule has 0 atom stereocenters. The van der Waals surface area contributed by atoms with Gasteiger partial charge in [-0.1, -0.05) is 36.4 Å². The zero-order chi connectivity index (χ0) is 13.1.